The first-order valence-corrected chi connectivity index (χ1v) is 9.25. The van der Waals surface area contributed by atoms with Crippen molar-refractivity contribution in [3.63, 3.8) is 0 Å². The second-order valence-corrected chi connectivity index (χ2v) is 6.66. The van der Waals surface area contributed by atoms with Crippen molar-refractivity contribution >= 4 is 29.2 Å². The maximum Gasteiger partial charge on any atom is 0.315 e. The zero-order chi connectivity index (χ0) is 19.2. The van der Waals surface area contributed by atoms with Crippen LogP contribution in [0.4, 0.5) is 10.5 Å². The van der Waals surface area contributed by atoms with Crippen molar-refractivity contribution in [2.75, 3.05) is 18.1 Å². The van der Waals surface area contributed by atoms with Crippen LogP contribution in [0.2, 0.25) is 5.02 Å². The van der Waals surface area contributed by atoms with E-state index in [1.165, 1.54) is 0 Å². The molecule has 1 saturated heterocycles. The SMILES string of the molecule is CCOc1ccc(N2C[C@@H](NC(=O)NCc3ccccc3Cl)CC2=O)cc1. The molecule has 6 nitrogen and oxygen atoms in total. The molecule has 0 saturated carbocycles. The molecule has 1 heterocycles. The van der Waals surface area contributed by atoms with E-state index in [0.29, 0.717) is 24.7 Å². The van der Waals surface area contributed by atoms with Crippen LogP contribution in [0.3, 0.4) is 0 Å². The molecule has 0 bridgehead atoms. The average molecular weight is 388 g/mol. The van der Waals surface area contributed by atoms with Gasteiger partial charge in [0, 0.05) is 30.2 Å². The Morgan fingerprint density at radius 3 is 2.67 bits per heavy atom. The Morgan fingerprint density at radius 2 is 1.96 bits per heavy atom. The van der Waals surface area contributed by atoms with Gasteiger partial charge >= 0.3 is 6.03 Å². The molecule has 1 atom stereocenters. The fraction of sp³-hybridized carbons (Fsp3) is 0.300. The number of anilines is 1. The largest absolute Gasteiger partial charge is 0.494 e. The van der Waals surface area contributed by atoms with Gasteiger partial charge in [-0.15, -0.1) is 0 Å². The molecule has 0 aromatic heterocycles. The van der Waals surface area contributed by atoms with E-state index < -0.39 is 0 Å². The number of amides is 3. The Hall–Kier alpha value is -2.73. The Labute approximate surface area is 163 Å². The highest BCUT2D eigenvalue weighted by Crippen LogP contribution is 2.24. The summed E-state index contributed by atoms with van der Waals surface area (Å²) in [5, 5.41) is 6.23. The second kappa shape index (κ2) is 8.77. The molecular weight excluding hydrogens is 366 g/mol. The predicted octanol–water partition coefficient (Wildman–Crippen LogP) is 3.34. The molecule has 7 heteroatoms. The van der Waals surface area contributed by atoms with Gasteiger partial charge in [-0.2, -0.15) is 0 Å². The van der Waals surface area contributed by atoms with Gasteiger partial charge < -0.3 is 20.3 Å². The number of urea groups is 1. The van der Waals surface area contributed by atoms with E-state index in [2.05, 4.69) is 10.6 Å². The maximum atomic E-state index is 12.3. The molecule has 2 aromatic carbocycles. The summed E-state index contributed by atoms with van der Waals surface area (Å²) >= 11 is 6.08. The van der Waals surface area contributed by atoms with Gasteiger partial charge in [-0.1, -0.05) is 29.8 Å². The fourth-order valence-electron chi connectivity index (χ4n) is 3.00. The van der Waals surface area contributed by atoms with Crippen LogP contribution in [0.15, 0.2) is 48.5 Å². The van der Waals surface area contributed by atoms with E-state index in [1.54, 1.807) is 11.0 Å². The van der Waals surface area contributed by atoms with Crippen LogP contribution in [-0.4, -0.2) is 31.1 Å². The Kier molecular flexibility index (Phi) is 6.19. The van der Waals surface area contributed by atoms with Crippen molar-refractivity contribution in [1.82, 2.24) is 10.6 Å². The quantitative estimate of drug-likeness (QED) is 0.798. The first kappa shape index (κ1) is 19.0. The van der Waals surface area contributed by atoms with Gasteiger partial charge in [0.05, 0.1) is 12.6 Å². The number of halogens is 1. The Morgan fingerprint density at radius 1 is 1.22 bits per heavy atom. The zero-order valence-electron chi connectivity index (χ0n) is 15.1. The fourth-order valence-corrected chi connectivity index (χ4v) is 3.20. The number of carbonyl (C=O) groups excluding carboxylic acids is 2. The van der Waals surface area contributed by atoms with Crippen LogP contribution in [0.5, 0.6) is 5.75 Å². The van der Waals surface area contributed by atoms with Gasteiger partial charge in [0.1, 0.15) is 5.75 Å². The van der Waals surface area contributed by atoms with Gasteiger partial charge in [-0.05, 0) is 42.8 Å². The van der Waals surface area contributed by atoms with E-state index in [1.807, 2.05) is 49.4 Å². The minimum Gasteiger partial charge on any atom is -0.494 e. The molecule has 1 aliphatic heterocycles. The molecule has 0 spiro atoms. The molecule has 27 heavy (non-hydrogen) atoms. The van der Waals surface area contributed by atoms with E-state index in [9.17, 15) is 9.59 Å². The number of hydrogen-bond donors (Lipinski definition) is 2. The number of hydrogen-bond acceptors (Lipinski definition) is 3. The number of ether oxygens (including phenoxy) is 1. The molecule has 3 rings (SSSR count). The number of rotatable bonds is 6. The molecule has 2 aromatic rings. The molecule has 1 aliphatic rings. The summed E-state index contributed by atoms with van der Waals surface area (Å²) in [5.41, 5.74) is 1.64. The number of nitrogens with zero attached hydrogens (tertiary/aromatic N) is 1. The third kappa shape index (κ3) is 4.92. The van der Waals surface area contributed by atoms with Crippen LogP contribution in [-0.2, 0) is 11.3 Å². The van der Waals surface area contributed by atoms with Crippen molar-refractivity contribution in [3.05, 3.63) is 59.1 Å². The Bertz CT molecular complexity index is 810. The van der Waals surface area contributed by atoms with Gasteiger partial charge in [-0.25, -0.2) is 4.79 Å². The molecular formula is C20H22ClN3O3. The lowest BCUT2D eigenvalue weighted by molar-refractivity contribution is -0.117. The second-order valence-electron chi connectivity index (χ2n) is 6.25. The average Bonchev–Trinajstić information content (AvgIpc) is 3.02. The van der Waals surface area contributed by atoms with Crippen LogP contribution in [0.25, 0.3) is 0 Å². The maximum absolute atomic E-state index is 12.3. The number of nitrogens with one attached hydrogen (secondary N) is 2. The predicted molar refractivity (Wildman–Crippen MR) is 105 cm³/mol. The van der Waals surface area contributed by atoms with Gasteiger partial charge in [0.2, 0.25) is 5.91 Å². The van der Waals surface area contributed by atoms with Crippen LogP contribution < -0.4 is 20.3 Å². The van der Waals surface area contributed by atoms with Crippen molar-refractivity contribution in [2.45, 2.75) is 25.9 Å². The minimum absolute atomic E-state index is 0.0180. The van der Waals surface area contributed by atoms with E-state index >= 15 is 0 Å². The topological polar surface area (TPSA) is 70.7 Å². The van der Waals surface area contributed by atoms with E-state index in [-0.39, 0.29) is 24.4 Å². The van der Waals surface area contributed by atoms with Crippen molar-refractivity contribution < 1.29 is 14.3 Å². The molecule has 142 valence electrons. The molecule has 1 fully saturated rings. The lowest BCUT2D eigenvalue weighted by Gasteiger charge is -2.18. The first-order valence-electron chi connectivity index (χ1n) is 8.88. The lowest BCUT2D eigenvalue weighted by Crippen LogP contribution is -2.43. The van der Waals surface area contributed by atoms with E-state index in [0.717, 1.165) is 17.0 Å². The normalized spacial score (nSPS) is 16.3. The minimum atomic E-state index is -0.318. The summed E-state index contributed by atoms with van der Waals surface area (Å²) in [6.07, 6.45) is 0.271. The molecule has 2 N–H and O–H groups in total. The highest BCUT2D eigenvalue weighted by Gasteiger charge is 2.31. The number of benzene rings is 2. The highest BCUT2D eigenvalue weighted by atomic mass is 35.5. The molecule has 3 amide bonds. The summed E-state index contributed by atoms with van der Waals surface area (Å²) in [7, 11) is 0. The van der Waals surface area contributed by atoms with Gasteiger partial charge in [0.25, 0.3) is 0 Å². The van der Waals surface area contributed by atoms with E-state index in [4.69, 9.17) is 16.3 Å². The smallest absolute Gasteiger partial charge is 0.315 e. The summed E-state index contributed by atoms with van der Waals surface area (Å²) in [6.45, 7) is 3.28. The monoisotopic (exact) mass is 387 g/mol. The Balaban J connectivity index is 1.52. The summed E-state index contributed by atoms with van der Waals surface area (Å²) < 4.78 is 5.42. The third-order valence-corrected chi connectivity index (χ3v) is 4.69. The number of carbonyl (C=O) groups is 2. The molecule has 0 aliphatic carbocycles. The standard InChI is InChI=1S/C20H22ClN3O3/c1-2-27-17-9-7-16(8-10-17)24-13-15(11-19(24)25)23-20(26)22-12-14-5-3-4-6-18(14)21/h3-10,15H,2,11-13H2,1H3,(H2,22,23,26)/t15-/m0/s1. The summed E-state index contributed by atoms with van der Waals surface area (Å²) in [5.74, 6) is 0.747. The van der Waals surface area contributed by atoms with Crippen molar-refractivity contribution in [1.29, 1.82) is 0 Å². The summed E-state index contributed by atoms with van der Waals surface area (Å²) in [4.78, 5) is 26.1. The van der Waals surface area contributed by atoms with Crippen molar-refractivity contribution in [3.8, 4) is 5.75 Å². The summed E-state index contributed by atoms with van der Waals surface area (Å²) in [6, 6.07) is 14.2. The molecule has 0 unspecified atom stereocenters. The third-order valence-electron chi connectivity index (χ3n) is 4.32. The van der Waals surface area contributed by atoms with Gasteiger partial charge in [-0.3, -0.25) is 4.79 Å². The van der Waals surface area contributed by atoms with Crippen molar-refractivity contribution in [2.24, 2.45) is 0 Å². The van der Waals surface area contributed by atoms with Crippen LogP contribution in [0, 0.1) is 0 Å². The van der Waals surface area contributed by atoms with Gasteiger partial charge in [0.15, 0.2) is 0 Å². The zero-order valence-corrected chi connectivity index (χ0v) is 15.8. The molecule has 0 radical (unpaired) electrons. The first-order chi connectivity index (χ1) is 13.1. The van der Waals surface area contributed by atoms with Crippen LogP contribution >= 0.6 is 11.6 Å². The highest BCUT2D eigenvalue weighted by molar-refractivity contribution is 6.31. The lowest BCUT2D eigenvalue weighted by atomic mass is 10.2. The van der Waals surface area contributed by atoms with Crippen LogP contribution in [0.1, 0.15) is 18.9 Å².